The van der Waals surface area contributed by atoms with Crippen LogP contribution in [0.5, 0.6) is 0 Å². The second-order valence-electron chi connectivity index (χ2n) is 6.02. The molecule has 0 saturated carbocycles. The molecule has 0 aromatic heterocycles. The zero-order valence-corrected chi connectivity index (χ0v) is 16.5. The monoisotopic (exact) mass is 427 g/mol. The number of ether oxygens (including phenoxy) is 1. The summed E-state index contributed by atoms with van der Waals surface area (Å²) in [4.78, 5) is 37.2. The first-order valence-electron chi connectivity index (χ1n) is 8.56. The Labute approximate surface area is 177 Å². The standard InChI is InChI=1S/C22H15Cl2NO4/c23-15-10-16(24)12-17(11-15)25-20(26)13-29-22(28)19-9-5-4-8-18(19)21(27)14-6-2-1-3-7-14/h1-12H,13H2,(H,25,26). The van der Waals surface area contributed by atoms with Gasteiger partial charge >= 0.3 is 5.97 Å². The van der Waals surface area contributed by atoms with Crippen LogP contribution in [0.2, 0.25) is 10.0 Å². The fourth-order valence-corrected chi connectivity index (χ4v) is 3.16. The average Bonchev–Trinajstić information content (AvgIpc) is 2.71. The predicted molar refractivity (Wildman–Crippen MR) is 112 cm³/mol. The van der Waals surface area contributed by atoms with Crippen LogP contribution in [0.3, 0.4) is 0 Å². The number of carbonyl (C=O) groups is 3. The highest BCUT2D eigenvalue weighted by molar-refractivity contribution is 6.35. The summed E-state index contributed by atoms with van der Waals surface area (Å²) in [6.45, 7) is -0.531. The second-order valence-corrected chi connectivity index (χ2v) is 6.90. The molecule has 3 aromatic carbocycles. The number of halogens is 2. The Bertz CT molecular complexity index is 1050. The first kappa shape index (κ1) is 20.6. The molecule has 5 nitrogen and oxygen atoms in total. The third-order valence-corrected chi connectivity index (χ3v) is 4.34. The van der Waals surface area contributed by atoms with Crippen molar-refractivity contribution in [2.75, 3.05) is 11.9 Å². The summed E-state index contributed by atoms with van der Waals surface area (Å²) in [7, 11) is 0. The summed E-state index contributed by atoms with van der Waals surface area (Å²) in [5, 5.41) is 3.26. The minimum Gasteiger partial charge on any atom is -0.452 e. The fourth-order valence-electron chi connectivity index (χ4n) is 2.64. The molecular formula is C22H15Cl2NO4. The summed E-state index contributed by atoms with van der Waals surface area (Å²) in [5.41, 5.74) is 1.11. The van der Waals surface area contributed by atoms with E-state index in [-0.39, 0.29) is 16.9 Å². The van der Waals surface area contributed by atoms with Crippen molar-refractivity contribution >= 4 is 46.5 Å². The predicted octanol–water partition coefficient (Wildman–Crippen LogP) is 5.02. The molecule has 1 N–H and O–H groups in total. The lowest BCUT2D eigenvalue weighted by Gasteiger charge is -2.10. The molecule has 0 bridgehead atoms. The highest BCUT2D eigenvalue weighted by Gasteiger charge is 2.19. The lowest BCUT2D eigenvalue weighted by molar-refractivity contribution is -0.119. The molecule has 0 aliphatic carbocycles. The van der Waals surface area contributed by atoms with Crippen LogP contribution in [0.15, 0.2) is 72.8 Å². The molecular weight excluding hydrogens is 413 g/mol. The van der Waals surface area contributed by atoms with Crippen LogP contribution in [0.4, 0.5) is 5.69 Å². The summed E-state index contributed by atoms with van der Waals surface area (Å²) < 4.78 is 5.08. The molecule has 7 heteroatoms. The lowest BCUT2D eigenvalue weighted by atomic mass is 9.98. The van der Waals surface area contributed by atoms with Crippen LogP contribution in [0.25, 0.3) is 0 Å². The van der Waals surface area contributed by atoms with Crippen LogP contribution in [0.1, 0.15) is 26.3 Å². The van der Waals surface area contributed by atoms with E-state index >= 15 is 0 Å². The van der Waals surface area contributed by atoms with E-state index in [1.165, 1.54) is 24.3 Å². The van der Waals surface area contributed by atoms with Gasteiger partial charge in [-0.05, 0) is 24.3 Å². The minimum absolute atomic E-state index is 0.0833. The highest BCUT2D eigenvalue weighted by atomic mass is 35.5. The first-order valence-corrected chi connectivity index (χ1v) is 9.31. The van der Waals surface area contributed by atoms with Crippen molar-refractivity contribution in [1.82, 2.24) is 0 Å². The summed E-state index contributed by atoms with van der Waals surface area (Å²) in [6.07, 6.45) is 0. The Hall–Kier alpha value is -3.15. The number of amides is 1. The minimum atomic E-state index is -0.774. The van der Waals surface area contributed by atoms with Crippen LogP contribution >= 0.6 is 23.2 Å². The van der Waals surface area contributed by atoms with Crippen LogP contribution in [-0.2, 0) is 9.53 Å². The maximum absolute atomic E-state index is 12.7. The van der Waals surface area contributed by atoms with Gasteiger partial charge in [0, 0.05) is 26.9 Å². The molecule has 0 unspecified atom stereocenters. The van der Waals surface area contributed by atoms with Gasteiger partial charge in [-0.1, -0.05) is 71.7 Å². The van der Waals surface area contributed by atoms with Crippen LogP contribution < -0.4 is 5.32 Å². The molecule has 0 aliphatic rings. The Morgan fingerprint density at radius 1 is 0.793 bits per heavy atom. The zero-order valence-electron chi connectivity index (χ0n) is 15.0. The van der Waals surface area contributed by atoms with Crippen molar-refractivity contribution < 1.29 is 19.1 Å². The highest BCUT2D eigenvalue weighted by Crippen LogP contribution is 2.22. The van der Waals surface area contributed by atoms with Gasteiger partial charge in [-0.25, -0.2) is 4.79 Å². The van der Waals surface area contributed by atoms with Gasteiger partial charge in [-0.3, -0.25) is 9.59 Å². The van der Waals surface area contributed by atoms with E-state index in [4.69, 9.17) is 27.9 Å². The largest absolute Gasteiger partial charge is 0.452 e. The average molecular weight is 428 g/mol. The number of esters is 1. The van der Waals surface area contributed by atoms with Gasteiger partial charge in [0.25, 0.3) is 5.91 Å². The van der Waals surface area contributed by atoms with Crippen LogP contribution in [-0.4, -0.2) is 24.3 Å². The smallest absolute Gasteiger partial charge is 0.339 e. The Kier molecular flexibility index (Phi) is 6.65. The molecule has 0 spiro atoms. The summed E-state index contributed by atoms with van der Waals surface area (Å²) >= 11 is 11.8. The van der Waals surface area contributed by atoms with Crippen molar-refractivity contribution in [3.63, 3.8) is 0 Å². The van der Waals surface area contributed by atoms with Gasteiger partial charge in [0.05, 0.1) is 5.56 Å². The van der Waals surface area contributed by atoms with Crippen LogP contribution in [0, 0.1) is 0 Å². The molecule has 1 amide bonds. The maximum Gasteiger partial charge on any atom is 0.339 e. The molecule has 0 aliphatic heterocycles. The molecule has 3 aromatic rings. The number of carbonyl (C=O) groups excluding carboxylic acids is 3. The zero-order chi connectivity index (χ0) is 20.8. The molecule has 0 radical (unpaired) electrons. The Balaban J connectivity index is 1.68. The van der Waals surface area contributed by atoms with Crippen molar-refractivity contribution in [2.45, 2.75) is 0 Å². The van der Waals surface area contributed by atoms with Gasteiger partial charge in [-0.2, -0.15) is 0 Å². The van der Waals surface area contributed by atoms with E-state index in [0.29, 0.717) is 21.3 Å². The number of nitrogens with one attached hydrogen (secondary N) is 1. The van der Waals surface area contributed by atoms with E-state index in [1.54, 1.807) is 48.5 Å². The van der Waals surface area contributed by atoms with E-state index < -0.39 is 18.5 Å². The SMILES string of the molecule is O=C(COC(=O)c1ccccc1C(=O)c1ccccc1)Nc1cc(Cl)cc(Cl)c1. The van der Waals surface area contributed by atoms with Crippen molar-refractivity contribution in [3.05, 3.63) is 99.5 Å². The van der Waals surface area contributed by atoms with Gasteiger partial charge < -0.3 is 10.1 Å². The third-order valence-electron chi connectivity index (χ3n) is 3.91. The lowest BCUT2D eigenvalue weighted by Crippen LogP contribution is -2.22. The van der Waals surface area contributed by atoms with Crippen molar-refractivity contribution in [1.29, 1.82) is 0 Å². The van der Waals surface area contributed by atoms with Gasteiger partial charge in [-0.15, -0.1) is 0 Å². The van der Waals surface area contributed by atoms with Crippen molar-refractivity contribution in [3.8, 4) is 0 Å². The van der Waals surface area contributed by atoms with Gasteiger partial charge in [0.1, 0.15) is 0 Å². The summed E-state index contributed by atoms with van der Waals surface area (Å²) in [5.74, 6) is -1.65. The summed E-state index contributed by atoms with van der Waals surface area (Å²) in [6, 6.07) is 19.4. The molecule has 0 fully saturated rings. The molecule has 0 atom stereocenters. The van der Waals surface area contributed by atoms with Gasteiger partial charge in [0.2, 0.25) is 0 Å². The second kappa shape index (κ2) is 9.37. The third kappa shape index (κ3) is 5.44. The molecule has 146 valence electrons. The number of rotatable bonds is 6. The Morgan fingerprint density at radius 2 is 1.38 bits per heavy atom. The number of anilines is 1. The molecule has 3 rings (SSSR count). The number of ketones is 1. The number of benzene rings is 3. The quantitative estimate of drug-likeness (QED) is 0.442. The van der Waals surface area contributed by atoms with Crippen molar-refractivity contribution in [2.24, 2.45) is 0 Å². The van der Waals surface area contributed by atoms with E-state index in [1.807, 2.05) is 0 Å². The fraction of sp³-hybridized carbons (Fsp3) is 0.0455. The van der Waals surface area contributed by atoms with E-state index in [9.17, 15) is 14.4 Å². The normalized spacial score (nSPS) is 10.3. The maximum atomic E-state index is 12.7. The molecule has 0 saturated heterocycles. The Morgan fingerprint density at radius 3 is 2.03 bits per heavy atom. The van der Waals surface area contributed by atoms with E-state index in [2.05, 4.69) is 5.32 Å². The number of hydrogen-bond acceptors (Lipinski definition) is 4. The first-order chi connectivity index (χ1) is 13.9. The topological polar surface area (TPSA) is 72.5 Å². The van der Waals surface area contributed by atoms with E-state index in [0.717, 1.165) is 0 Å². The number of hydrogen-bond donors (Lipinski definition) is 1. The molecule has 29 heavy (non-hydrogen) atoms. The van der Waals surface area contributed by atoms with Gasteiger partial charge in [0.15, 0.2) is 12.4 Å². The molecule has 0 heterocycles.